The Labute approximate surface area is 105 Å². The highest BCUT2D eigenvalue weighted by atomic mass is 16.5. The highest BCUT2D eigenvalue weighted by Crippen LogP contribution is 2.39. The summed E-state index contributed by atoms with van der Waals surface area (Å²) in [4.78, 5) is 10.7. The van der Waals surface area contributed by atoms with Crippen LogP contribution in [0.1, 0.15) is 59.3 Å². The predicted molar refractivity (Wildman–Crippen MR) is 67.9 cm³/mol. The van der Waals surface area contributed by atoms with Crippen LogP contribution in [0.5, 0.6) is 0 Å². The Balaban J connectivity index is 2.32. The largest absolute Gasteiger partial charge is 0.390 e. The molecule has 3 nitrogen and oxygen atoms in total. The van der Waals surface area contributed by atoms with Crippen molar-refractivity contribution < 1.29 is 14.6 Å². The molecule has 1 aliphatic carbocycles. The summed E-state index contributed by atoms with van der Waals surface area (Å²) in [5.41, 5.74) is -0.528. The molecule has 0 aliphatic heterocycles. The van der Waals surface area contributed by atoms with Crippen molar-refractivity contribution in [1.29, 1.82) is 0 Å². The summed E-state index contributed by atoms with van der Waals surface area (Å²) in [6.45, 7) is 6.37. The Kier molecular flexibility index (Phi) is 5.14. The molecule has 1 aliphatic rings. The van der Waals surface area contributed by atoms with E-state index in [0.717, 1.165) is 32.0 Å². The number of hydrogen-bond acceptors (Lipinski definition) is 3. The van der Waals surface area contributed by atoms with Gasteiger partial charge in [0, 0.05) is 13.0 Å². The van der Waals surface area contributed by atoms with Crippen molar-refractivity contribution >= 4 is 6.29 Å². The second kappa shape index (κ2) is 5.96. The molecular formula is C14H26O3. The lowest BCUT2D eigenvalue weighted by molar-refractivity contribution is -0.111. The van der Waals surface area contributed by atoms with Crippen LogP contribution in [0.15, 0.2) is 0 Å². The molecule has 1 rings (SSSR count). The summed E-state index contributed by atoms with van der Waals surface area (Å²) in [6.07, 6.45) is 6.90. The quantitative estimate of drug-likeness (QED) is 0.728. The summed E-state index contributed by atoms with van der Waals surface area (Å²) in [7, 11) is 0. The molecule has 1 N–H and O–H groups in total. The van der Waals surface area contributed by atoms with Gasteiger partial charge in [-0.25, -0.2) is 0 Å². The first-order chi connectivity index (χ1) is 7.85. The minimum Gasteiger partial charge on any atom is -0.390 e. The standard InChI is InChI=1S/C14H26O3/c1-13(2,16)8-10-17-12-5-4-6-14(3,11-12)7-9-15/h9,12,16H,4-8,10-11H2,1-3H3/t12-,14-/m0/s1. The molecule has 0 spiro atoms. The zero-order valence-corrected chi connectivity index (χ0v) is 11.4. The molecule has 0 bridgehead atoms. The Bertz CT molecular complexity index is 244. The second-order valence-corrected chi connectivity index (χ2v) is 6.33. The van der Waals surface area contributed by atoms with Gasteiger partial charge in [0.05, 0.1) is 11.7 Å². The van der Waals surface area contributed by atoms with E-state index in [9.17, 15) is 9.90 Å². The van der Waals surface area contributed by atoms with Crippen molar-refractivity contribution in [2.24, 2.45) is 5.41 Å². The van der Waals surface area contributed by atoms with Gasteiger partial charge in [-0.2, -0.15) is 0 Å². The number of ether oxygens (including phenoxy) is 1. The molecule has 17 heavy (non-hydrogen) atoms. The zero-order valence-electron chi connectivity index (χ0n) is 11.4. The monoisotopic (exact) mass is 242 g/mol. The minimum atomic E-state index is -0.652. The van der Waals surface area contributed by atoms with Gasteiger partial charge in [-0.05, 0) is 44.9 Å². The van der Waals surface area contributed by atoms with E-state index in [4.69, 9.17) is 4.74 Å². The van der Waals surface area contributed by atoms with Crippen molar-refractivity contribution in [2.75, 3.05) is 6.61 Å². The van der Waals surface area contributed by atoms with Crippen LogP contribution >= 0.6 is 0 Å². The van der Waals surface area contributed by atoms with Gasteiger partial charge in [0.15, 0.2) is 0 Å². The van der Waals surface area contributed by atoms with E-state index in [1.165, 1.54) is 0 Å². The SMILES string of the molecule is CC(C)(O)CCO[C@H]1CCC[C@@](C)(CC=O)C1. The third kappa shape index (κ3) is 5.64. The molecule has 2 atom stereocenters. The molecule has 100 valence electrons. The lowest BCUT2D eigenvalue weighted by Gasteiger charge is -2.37. The molecule has 0 unspecified atom stereocenters. The molecule has 0 aromatic carbocycles. The van der Waals surface area contributed by atoms with E-state index < -0.39 is 5.60 Å². The Morgan fingerprint density at radius 1 is 1.53 bits per heavy atom. The van der Waals surface area contributed by atoms with Gasteiger partial charge < -0.3 is 14.6 Å². The van der Waals surface area contributed by atoms with Gasteiger partial charge in [-0.1, -0.05) is 13.3 Å². The second-order valence-electron chi connectivity index (χ2n) is 6.33. The number of aliphatic hydroxyl groups is 1. The average molecular weight is 242 g/mol. The average Bonchev–Trinajstić information content (AvgIpc) is 2.15. The first-order valence-corrected chi connectivity index (χ1v) is 6.62. The minimum absolute atomic E-state index is 0.124. The fourth-order valence-corrected chi connectivity index (χ4v) is 2.51. The third-order valence-electron chi connectivity index (χ3n) is 3.67. The Morgan fingerprint density at radius 2 is 2.24 bits per heavy atom. The van der Waals surface area contributed by atoms with Gasteiger partial charge in [0.25, 0.3) is 0 Å². The summed E-state index contributed by atoms with van der Waals surface area (Å²) in [5.74, 6) is 0. The van der Waals surface area contributed by atoms with Crippen molar-refractivity contribution in [2.45, 2.75) is 71.0 Å². The summed E-state index contributed by atoms with van der Waals surface area (Å²) < 4.78 is 5.82. The van der Waals surface area contributed by atoms with E-state index in [1.54, 1.807) is 13.8 Å². The van der Waals surface area contributed by atoms with E-state index in [-0.39, 0.29) is 11.5 Å². The highest BCUT2D eigenvalue weighted by Gasteiger charge is 2.32. The van der Waals surface area contributed by atoms with Gasteiger partial charge in [-0.3, -0.25) is 0 Å². The molecule has 0 heterocycles. The molecule has 0 aromatic rings. The van der Waals surface area contributed by atoms with Crippen molar-refractivity contribution in [3.05, 3.63) is 0 Å². The topological polar surface area (TPSA) is 46.5 Å². The van der Waals surface area contributed by atoms with Gasteiger partial charge >= 0.3 is 0 Å². The zero-order chi connectivity index (χ0) is 12.9. The molecule has 1 fully saturated rings. The molecule has 0 aromatic heterocycles. The third-order valence-corrected chi connectivity index (χ3v) is 3.67. The summed E-state index contributed by atoms with van der Waals surface area (Å²) >= 11 is 0. The number of aldehydes is 1. The number of hydrogen-bond donors (Lipinski definition) is 1. The lowest BCUT2D eigenvalue weighted by Crippen LogP contribution is -2.32. The number of rotatable bonds is 6. The first kappa shape index (κ1) is 14.7. The van der Waals surface area contributed by atoms with Crippen LogP contribution in [-0.4, -0.2) is 29.7 Å². The maximum absolute atomic E-state index is 10.7. The fraction of sp³-hybridized carbons (Fsp3) is 0.929. The fourth-order valence-electron chi connectivity index (χ4n) is 2.51. The Morgan fingerprint density at radius 3 is 2.82 bits per heavy atom. The van der Waals surface area contributed by atoms with Crippen LogP contribution in [0.2, 0.25) is 0 Å². The predicted octanol–water partition coefficient (Wildman–Crippen LogP) is 2.70. The maximum atomic E-state index is 10.7. The van der Waals surface area contributed by atoms with Crippen molar-refractivity contribution in [1.82, 2.24) is 0 Å². The van der Waals surface area contributed by atoms with Gasteiger partial charge in [-0.15, -0.1) is 0 Å². The molecular weight excluding hydrogens is 216 g/mol. The van der Waals surface area contributed by atoms with E-state index in [0.29, 0.717) is 19.4 Å². The van der Waals surface area contributed by atoms with E-state index in [2.05, 4.69) is 6.92 Å². The van der Waals surface area contributed by atoms with Crippen LogP contribution in [0.4, 0.5) is 0 Å². The number of carbonyl (C=O) groups is 1. The molecule has 0 amide bonds. The normalized spacial score (nSPS) is 30.2. The van der Waals surface area contributed by atoms with E-state index in [1.807, 2.05) is 0 Å². The first-order valence-electron chi connectivity index (χ1n) is 6.62. The summed E-state index contributed by atoms with van der Waals surface area (Å²) in [6, 6.07) is 0. The van der Waals surface area contributed by atoms with Gasteiger partial charge in [0.1, 0.15) is 6.29 Å². The van der Waals surface area contributed by atoms with Crippen LogP contribution in [0.3, 0.4) is 0 Å². The van der Waals surface area contributed by atoms with E-state index >= 15 is 0 Å². The lowest BCUT2D eigenvalue weighted by atomic mass is 9.72. The van der Waals surface area contributed by atoms with Crippen LogP contribution in [0.25, 0.3) is 0 Å². The Hall–Kier alpha value is -0.410. The van der Waals surface area contributed by atoms with Crippen molar-refractivity contribution in [3.8, 4) is 0 Å². The van der Waals surface area contributed by atoms with Crippen LogP contribution < -0.4 is 0 Å². The molecule has 3 heteroatoms. The van der Waals surface area contributed by atoms with Crippen LogP contribution in [-0.2, 0) is 9.53 Å². The molecule has 1 saturated carbocycles. The van der Waals surface area contributed by atoms with Gasteiger partial charge in [0.2, 0.25) is 0 Å². The highest BCUT2D eigenvalue weighted by molar-refractivity contribution is 5.50. The number of carbonyl (C=O) groups excluding carboxylic acids is 1. The summed E-state index contributed by atoms with van der Waals surface area (Å²) in [5, 5.41) is 9.61. The molecule has 0 saturated heterocycles. The smallest absolute Gasteiger partial charge is 0.120 e. The maximum Gasteiger partial charge on any atom is 0.120 e. The van der Waals surface area contributed by atoms with Crippen LogP contribution in [0, 0.1) is 5.41 Å². The van der Waals surface area contributed by atoms with Crippen molar-refractivity contribution in [3.63, 3.8) is 0 Å². The molecule has 0 radical (unpaired) electrons.